The molecule has 0 aromatic heterocycles. The summed E-state index contributed by atoms with van der Waals surface area (Å²) in [6.07, 6.45) is 0. The summed E-state index contributed by atoms with van der Waals surface area (Å²) in [5.74, 6) is 2.19. The Labute approximate surface area is 59.5 Å². The molecule has 0 aromatic carbocycles. The number of halogens is 3. The Morgan fingerprint density at radius 1 is 0.800 bits per heavy atom. The van der Waals surface area contributed by atoms with E-state index in [4.69, 9.17) is 0 Å². The Morgan fingerprint density at radius 2 is 0.800 bits per heavy atom. The van der Waals surface area contributed by atoms with Crippen molar-refractivity contribution >= 4 is 53.7 Å². The normalized spacial score (nSPS) is 1.80. The van der Waals surface area contributed by atoms with Gasteiger partial charge in [-0.2, -0.15) is 0 Å². The van der Waals surface area contributed by atoms with Gasteiger partial charge in [-0.3, -0.25) is 0 Å². The molecule has 0 aliphatic rings. The van der Waals surface area contributed by atoms with E-state index in [2.05, 4.69) is 5.76 Å². The first-order chi connectivity index (χ1) is 1.00. The van der Waals surface area contributed by atoms with Crippen LogP contribution in [0.15, 0.2) is 0 Å². The SMILES string of the molecule is Cl.Cl.Cl.[CH3][GeH3]. The zero-order chi connectivity index (χ0) is 2.00. The summed E-state index contributed by atoms with van der Waals surface area (Å²) in [6, 6.07) is 0. The molecule has 0 nitrogen and oxygen atoms in total. The Morgan fingerprint density at radius 3 is 0.800 bits per heavy atom. The van der Waals surface area contributed by atoms with Gasteiger partial charge >= 0.3 is 22.3 Å². The Kier molecular flexibility index (Phi) is 341. The van der Waals surface area contributed by atoms with Crippen LogP contribution in [0.4, 0.5) is 0 Å². The van der Waals surface area contributed by atoms with E-state index in [1.165, 1.54) is 0 Å². The summed E-state index contributed by atoms with van der Waals surface area (Å²) in [5, 5.41) is 0. The molecule has 0 atom stereocenters. The molecule has 0 N–H and O–H groups in total. The van der Waals surface area contributed by atoms with Crippen LogP contribution in [0.1, 0.15) is 0 Å². The van der Waals surface area contributed by atoms with Crippen LogP contribution in [0, 0.1) is 0 Å². The van der Waals surface area contributed by atoms with Gasteiger partial charge in [-0.15, -0.1) is 37.2 Å². The molecule has 0 spiro atoms. The minimum absolute atomic E-state index is 0. The minimum atomic E-state index is 0. The maximum absolute atomic E-state index is 2.19. The van der Waals surface area contributed by atoms with Crippen LogP contribution in [0.25, 0.3) is 0 Å². The van der Waals surface area contributed by atoms with Crippen molar-refractivity contribution < 1.29 is 0 Å². The van der Waals surface area contributed by atoms with Gasteiger partial charge in [0.25, 0.3) is 0 Å². The second kappa shape index (κ2) is 52.8. The average Bonchev–Trinajstić information content (AvgIpc) is 1.00. The van der Waals surface area contributed by atoms with Gasteiger partial charge in [0.15, 0.2) is 0 Å². The van der Waals surface area contributed by atoms with Crippen molar-refractivity contribution in [2.45, 2.75) is 5.76 Å². The van der Waals surface area contributed by atoms with E-state index < -0.39 is 0 Å². The Balaban J connectivity index is -0.00000000167. The van der Waals surface area contributed by atoms with Crippen LogP contribution in [-0.2, 0) is 0 Å². The van der Waals surface area contributed by atoms with Crippen LogP contribution in [0.3, 0.4) is 0 Å². The topological polar surface area (TPSA) is 0 Å². The summed E-state index contributed by atoms with van der Waals surface area (Å²) in [7, 11) is 0. The zero-order valence-corrected chi connectivity index (χ0v) is 9.87. The molecule has 0 bridgehead atoms. The molecule has 0 aromatic rings. The molecule has 4 heteroatoms. The average molecular weight is 200 g/mol. The molecular weight excluding hydrogens is 191 g/mol. The summed E-state index contributed by atoms with van der Waals surface area (Å²) < 4.78 is 0. The molecule has 0 unspecified atom stereocenters. The van der Waals surface area contributed by atoms with E-state index in [9.17, 15) is 0 Å². The van der Waals surface area contributed by atoms with Crippen LogP contribution >= 0.6 is 37.2 Å². The third-order valence-corrected chi connectivity index (χ3v) is 0. The van der Waals surface area contributed by atoms with Gasteiger partial charge in [0.2, 0.25) is 0 Å². The van der Waals surface area contributed by atoms with E-state index in [1.807, 2.05) is 0 Å². The Hall–Kier alpha value is 1.41. The Bertz CT molecular complexity index is 6.85. The third-order valence-electron chi connectivity index (χ3n) is 0. The second-order valence-corrected chi connectivity index (χ2v) is 0. The summed E-state index contributed by atoms with van der Waals surface area (Å²) >= 11 is 1.06. The molecule has 0 fully saturated rings. The standard InChI is InChI=1S/CH6Ge.3ClH/c1-2;;;/h1-2H3;3*1H. The summed E-state index contributed by atoms with van der Waals surface area (Å²) in [4.78, 5) is 0. The third kappa shape index (κ3) is 31.6. The predicted octanol–water partition coefficient (Wildman–Crippen LogP) is 0.665. The van der Waals surface area contributed by atoms with Crippen molar-refractivity contribution in [2.24, 2.45) is 0 Å². The molecule has 0 aliphatic heterocycles. The van der Waals surface area contributed by atoms with Crippen molar-refractivity contribution in [2.75, 3.05) is 0 Å². The first-order valence-corrected chi connectivity index (χ1v) is 5.20. The molecule has 0 rings (SSSR count). The van der Waals surface area contributed by atoms with Gasteiger partial charge in [-0.25, -0.2) is 0 Å². The molecule has 38 valence electrons. The first kappa shape index (κ1) is 32.3. The van der Waals surface area contributed by atoms with Gasteiger partial charge in [0.1, 0.15) is 0 Å². The van der Waals surface area contributed by atoms with Crippen LogP contribution < -0.4 is 0 Å². The van der Waals surface area contributed by atoms with Crippen LogP contribution in [-0.4, -0.2) is 16.5 Å². The monoisotopic (exact) mass is 200 g/mol. The first-order valence-electron chi connectivity index (χ1n) is 1.00. The number of hydrogen-bond acceptors (Lipinski definition) is 0. The van der Waals surface area contributed by atoms with E-state index >= 15 is 0 Å². The van der Waals surface area contributed by atoms with E-state index in [1.54, 1.807) is 0 Å². The predicted molar refractivity (Wildman–Crippen MR) is 37.5 cm³/mol. The molecular formula is CH9Cl3Ge. The fraction of sp³-hybridized carbons (Fsp3) is 1.00. The molecule has 0 aliphatic carbocycles. The van der Waals surface area contributed by atoms with Gasteiger partial charge in [-0.05, 0) is 0 Å². The fourth-order valence-corrected chi connectivity index (χ4v) is 0. The van der Waals surface area contributed by atoms with Crippen molar-refractivity contribution in [1.82, 2.24) is 0 Å². The molecule has 0 heterocycles. The van der Waals surface area contributed by atoms with Gasteiger partial charge < -0.3 is 0 Å². The maximum atomic E-state index is 2.19. The van der Waals surface area contributed by atoms with Gasteiger partial charge in [-0.1, -0.05) is 0 Å². The number of hydrogen-bond donors (Lipinski definition) is 0. The molecule has 5 heavy (non-hydrogen) atoms. The van der Waals surface area contributed by atoms with E-state index in [0.29, 0.717) is 0 Å². The number of rotatable bonds is 0. The van der Waals surface area contributed by atoms with Crippen molar-refractivity contribution in [3.05, 3.63) is 0 Å². The van der Waals surface area contributed by atoms with E-state index in [0.717, 1.165) is 16.5 Å². The van der Waals surface area contributed by atoms with Crippen molar-refractivity contribution in [3.63, 3.8) is 0 Å². The van der Waals surface area contributed by atoms with Crippen molar-refractivity contribution in [3.8, 4) is 0 Å². The zero-order valence-electron chi connectivity index (χ0n) is 3.22. The summed E-state index contributed by atoms with van der Waals surface area (Å²) in [5.41, 5.74) is 0. The van der Waals surface area contributed by atoms with Gasteiger partial charge in [0.05, 0.1) is 0 Å². The van der Waals surface area contributed by atoms with Crippen molar-refractivity contribution in [1.29, 1.82) is 0 Å². The molecule has 0 saturated carbocycles. The quantitative estimate of drug-likeness (QED) is 0.504. The second-order valence-electron chi connectivity index (χ2n) is 0. The molecule has 0 amide bonds. The van der Waals surface area contributed by atoms with Crippen LogP contribution in [0.2, 0.25) is 5.76 Å². The fourth-order valence-electron chi connectivity index (χ4n) is 0. The van der Waals surface area contributed by atoms with Crippen LogP contribution in [0.5, 0.6) is 0 Å². The van der Waals surface area contributed by atoms with E-state index in [-0.39, 0.29) is 37.2 Å². The van der Waals surface area contributed by atoms with Gasteiger partial charge in [0, 0.05) is 0 Å². The molecule has 0 radical (unpaired) electrons. The molecule has 0 saturated heterocycles. The summed E-state index contributed by atoms with van der Waals surface area (Å²) in [6.45, 7) is 0.